The van der Waals surface area contributed by atoms with E-state index in [1.807, 2.05) is 31.2 Å². The van der Waals surface area contributed by atoms with Crippen LogP contribution < -0.4 is 0 Å². The molecule has 20 heavy (non-hydrogen) atoms. The zero-order chi connectivity index (χ0) is 14.5. The minimum absolute atomic E-state index is 0.0119. The third-order valence-corrected chi connectivity index (χ3v) is 3.34. The summed E-state index contributed by atoms with van der Waals surface area (Å²) in [5.74, 6) is -1.33. The average molecular weight is 274 g/mol. The Balaban J connectivity index is 1.94. The van der Waals surface area contributed by atoms with E-state index < -0.39 is 11.6 Å². The minimum Gasteiger partial charge on any atom is -0.299 e. The highest BCUT2D eigenvalue weighted by atomic mass is 19.1. The van der Waals surface area contributed by atoms with Gasteiger partial charge < -0.3 is 0 Å². The van der Waals surface area contributed by atoms with Gasteiger partial charge in [0.25, 0.3) is 0 Å². The molecule has 2 aromatic carbocycles. The third-order valence-electron chi connectivity index (χ3n) is 3.34. The first-order valence-electron chi connectivity index (χ1n) is 6.56. The molecule has 104 valence electrons. The van der Waals surface area contributed by atoms with E-state index in [2.05, 4.69) is 0 Å². The van der Waals surface area contributed by atoms with Crippen LogP contribution in [0.4, 0.5) is 8.78 Å². The summed E-state index contributed by atoms with van der Waals surface area (Å²) in [6.07, 6.45) is 1.02. The quantitative estimate of drug-likeness (QED) is 0.805. The van der Waals surface area contributed by atoms with Gasteiger partial charge in [-0.05, 0) is 36.1 Å². The summed E-state index contributed by atoms with van der Waals surface area (Å²) in [5, 5.41) is 0. The molecule has 0 aliphatic carbocycles. The van der Waals surface area contributed by atoms with E-state index in [4.69, 9.17) is 0 Å². The highest BCUT2D eigenvalue weighted by Gasteiger charge is 2.10. The molecule has 0 radical (unpaired) electrons. The van der Waals surface area contributed by atoms with E-state index in [0.29, 0.717) is 12.8 Å². The molecule has 0 fully saturated rings. The fraction of sp³-hybridized carbons (Fsp3) is 0.235. The monoisotopic (exact) mass is 274 g/mol. The van der Waals surface area contributed by atoms with Gasteiger partial charge in [0.05, 0.1) is 0 Å². The number of benzene rings is 2. The van der Waals surface area contributed by atoms with Crippen LogP contribution in [-0.2, 0) is 17.6 Å². The number of aryl methyl sites for hydroxylation is 2. The number of carbonyl (C=O) groups is 1. The van der Waals surface area contributed by atoms with Gasteiger partial charge in [0.15, 0.2) is 0 Å². The lowest BCUT2D eigenvalue weighted by Crippen LogP contribution is -2.06. The van der Waals surface area contributed by atoms with Crippen molar-refractivity contribution in [3.63, 3.8) is 0 Å². The number of rotatable bonds is 5. The van der Waals surface area contributed by atoms with Gasteiger partial charge in [-0.3, -0.25) is 4.79 Å². The Labute approximate surface area is 117 Å². The van der Waals surface area contributed by atoms with Crippen LogP contribution in [0.1, 0.15) is 23.1 Å². The van der Waals surface area contributed by atoms with Crippen molar-refractivity contribution in [2.45, 2.75) is 26.2 Å². The molecule has 0 saturated carbocycles. The first kappa shape index (κ1) is 14.4. The lowest BCUT2D eigenvalue weighted by atomic mass is 9.99. The molecule has 0 unspecified atom stereocenters. The predicted octanol–water partition coefficient (Wildman–Crippen LogP) is 4.02. The smallest absolute Gasteiger partial charge is 0.137 e. The zero-order valence-electron chi connectivity index (χ0n) is 11.3. The summed E-state index contributed by atoms with van der Waals surface area (Å²) in [6, 6.07) is 11.2. The zero-order valence-corrected chi connectivity index (χ0v) is 11.3. The maximum atomic E-state index is 13.4. The lowest BCUT2D eigenvalue weighted by Gasteiger charge is -2.06. The second-order valence-corrected chi connectivity index (χ2v) is 4.88. The Morgan fingerprint density at radius 1 is 1.05 bits per heavy atom. The summed E-state index contributed by atoms with van der Waals surface area (Å²) in [5.41, 5.74) is 2.52. The van der Waals surface area contributed by atoms with Gasteiger partial charge in [-0.15, -0.1) is 0 Å². The van der Waals surface area contributed by atoms with Crippen LogP contribution >= 0.6 is 0 Å². The molecule has 2 aromatic rings. The first-order valence-corrected chi connectivity index (χ1v) is 6.56. The van der Waals surface area contributed by atoms with Crippen LogP contribution in [0, 0.1) is 18.6 Å². The van der Waals surface area contributed by atoms with Crippen LogP contribution in [0.15, 0.2) is 42.5 Å². The molecule has 3 heteroatoms. The van der Waals surface area contributed by atoms with E-state index >= 15 is 0 Å². The molecule has 0 aliphatic rings. The normalized spacial score (nSPS) is 10.6. The SMILES string of the molecule is Cc1ccccc1CCC(=O)Cc1ccc(F)cc1F. The molecule has 2 rings (SSSR count). The summed E-state index contributed by atoms with van der Waals surface area (Å²) in [7, 11) is 0. The van der Waals surface area contributed by atoms with Gasteiger partial charge >= 0.3 is 0 Å². The summed E-state index contributed by atoms with van der Waals surface area (Å²) in [6.45, 7) is 2.00. The van der Waals surface area contributed by atoms with E-state index in [1.165, 1.54) is 12.1 Å². The van der Waals surface area contributed by atoms with Crippen molar-refractivity contribution in [2.75, 3.05) is 0 Å². The molecule has 0 N–H and O–H groups in total. The van der Waals surface area contributed by atoms with Gasteiger partial charge in [-0.1, -0.05) is 30.3 Å². The van der Waals surface area contributed by atoms with Crippen molar-refractivity contribution >= 4 is 5.78 Å². The molecular weight excluding hydrogens is 258 g/mol. The lowest BCUT2D eigenvalue weighted by molar-refractivity contribution is -0.118. The van der Waals surface area contributed by atoms with Crippen molar-refractivity contribution in [3.05, 3.63) is 70.8 Å². The average Bonchev–Trinajstić information content (AvgIpc) is 2.41. The largest absolute Gasteiger partial charge is 0.299 e. The predicted molar refractivity (Wildman–Crippen MR) is 74.6 cm³/mol. The second-order valence-electron chi connectivity index (χ2n) is 4.88. The van der Waals surface area contributed by atoms with E-state index in [1.54, 1.807) is 0 Å². The third kappa shape index (κ3) is 3.73. The molecule has 0 saturated heterocycles. The fourth-order valence-electron chi connectivity index (χ4n) is 2.13. The summed E-state index contributed by atoms with van der Waals surface area (Å²) < 4.78 is 26.2. The van der Waals surface area contributed by atoms with Crippen molar-refractivity contribution in [2.24, 2.45) is 0 Å². The topological polar surface area (TPSA) is 17.1 Å². The first-order chi connectivity index (χ1) is 9.56. The highest BCUT2D eigenvalue weighted by molar-refractivity contribution is 5.81. The number of hydrogen-bond donors (Lipinski definition) is 0. The maximum absolute atomic E-state index is 13.4. The number of carbonyl (C=O) groups excluding carboxylic acids is 1. The van der Waals surface area contributed by atoms with E-state index in [-0.39, 0.29) is 17.8 Å². The number of hydrogen-bond acceptors (Lipinski definition) is 1. The van der Waals surface area contributed by atoms with Gasteiger partial charge in [0.1, 0.15) is 17.4 Å². The van der Waals surface area contributed by atoms with Crippen LogP contribution in [0.5, 0.6) is 0 Å². The van der Waals surface area contributed by atoms with Crippen molar-refractivity contribution in [3.8, 4) is 0 Å². The molecule has 0 amide bonds. The second kappa shape index (κ2) is 6.42. The number of halogens is 2. The van der Waals surface area contributed by atoms with Crippen LogP contribution in [0.25, 0.3) is 0 Å². The van der Waals surface area contributed by atoms with Crippen LogP contribution in [0.3, 0.4) is 0 Å². The molecule has 0 atom stereocenters. The summed E-state index contributed by atoms with van der Waals surface area (Å²) in [4.78, 5) is 11.9. The molecule has 1 nitrogen and oxygen atoms in total. The van der Waals surface area contributed by atoms with Gasteiger partial charge in [0.2, 0.25) is 0 Å². The van der Waals surface area contributed by atoms with E-state index in [0.717, 1.165) is 17.2 Å². The van der Waals surface area contributed by atoms with Crippen molar-refractivity contribution in [1.82, 2.24) is 0 Å². The Kier molecular flexibility index (Phi) is 4.61. The maximum Gasteiger partial charge on any atom is 0.137 e. The molecule has 0 heterocycles. The Morgan fingerprint density at radius 3 is 2.50 bits per heavy atom. The van der Waals surface area contributed by atoms with Crippen molar-refractivity contribution in [1.29, 1.82) is 0 Å². The van der Waals surface area contributed by atoms with Crippen LogP contribution in [0.2, 0.25) is 0 Å². The highest BCUT2D eigenvalue weighted by Crippen LogP contribution is 2.13. The summed E-state index contributed by atoms with van der Waals surface area (Å²) >= 11 is 0. The molecule has 0 bridgehead atoms. The van der Waals surface area contributed by atoms with Crippen molar-refractivity contribution < 1.29 is 13.6 Å². The number of Topliss-reactive ketones (excluding diaryl/α,β-unsaturated/α-hetero) is 1. The number of ketones is 1. The fourth-order valence-corrected chi connectivity index (χ4v) is 2.13. The Bertz CT molecular complexity index is 620. The Morgan fingerprint density at radius 2 is 1.80 bits per heavy atom. The van der Waals surface area contributed by atoms with Gasteiger partial charge in [-0.25, -0.2) is 8.78 Å². The van der Waals surface area contributed by atoms with Gasteiger partial charge in [0, 0.05) is 18.9 Å². The molecule has 0 spiro atoms. The minimum atomic E-state index is -0.658. The standard InChI is InChI=1S/C17H16F2O/c1-12-4-2-3-5-13(12)7-9-16(20)10-14-6-8-15(18)11-17(14)19/h2-6,8,11H,7,9-10H2,1H3. The van der Waals surface area contributed by atoms with Crippen LogP contribution in [-0.4, -0.2) is 5.78 Å². The van der Waals surface area contributed by atoms with Gasteiger partial charge in [-0.2, -0.15) is 0 Å². The van der Waals surface area contributed by atoms with E-state index in [9.17, 15) is 13.6 Å². The molecule has 0 aliphatic heterocycles. The molecular formula is C17H16F2O. The molecule has 0 aromatic heterocycles. The Hall–Kier alpha value is -2.03.